The van der Waals surface area contributed by atoms with Gasteiger partial charge in [-0.3, -0.25) is 4.79 Å². The monoisotopic (exact) mass is 397 g/mol. The molecule has 0 aliphatic heterocycles. The van der Waals surface area contributed by atoms with Crippen LogP contribution in [0.4, 0.5) is 23.0 Å². The minimum atomic E-state index is -0.179. The quantitative estimate of drug-likeness (QED) is 0.628. The molecule has 0 saturated heterocycles. The van der Waals surface area contributed by atoms with Gasteiger partial charge in [0, 0.05) is 31.5 Å². The normalized spacial score (nSPS) is 10.6. The molecule has 146 valence electrons. The van der Waals surface area contributed by atoms with Gasteiger partial charge in [0.25, 0.3) is 5.91 Å². The molecule has 1 aromatic carbocycles. The van der Waals surface area contributed by atoms with Gasteiger partial charge in [-0.05, 0) is 49.1 Å². The molecule has 0 atom stereocenters. The van der Waals surface area contributed by atoms with Gasteiger partial charge >= 0.3 is 0 Å². The van der Waals surface area contributed by atoms with Gasteiger partial charge < -0.3 is 15.5 Å². The Labute approximate surface area is 168 Å². The molecule has 0 bridgehead atoms. The Hall–Kier alpha value is -3.07. The maximum atomic E-state index is 12.5. The van der Waals surface area contributed by atoms with Crippen molar-refractivity contribution in [3.05, 3.63) is 46.7 Å². The number of hydrogen-bond acceptors (Lipinski definition) is 8. The summed E-state index contributed by atoms with van der Waals surface area (Å²) >= 11 is 1.12. The third-order valence-electron chi connectivity index (χ3n) is 3.95. The van der Waals surface area contributed by atoms with Crippen molar-refractivity contribution in [2.75, 3.05) is 29.6 Å². The number of aryl methyl sites for hydroxylation is 2. The molecule has 2 heterocycles. The highest BCUT2D eigenvalue weighted by molar-refractivity contribution is 7.08. The number of carbonyl (C=O) groups excluding carboxylic acids is 1. The number of nitrogens with one attached hydrogen (secondary N) is 2. The first-order valence-electron chi connectivity index (χ1n) is 8.99. The SMILES string of the molecule is CCCc1nnsc1C(=O)Nc1ccc(Nc2cc(N(C)C)nc(C)n2)cc1. The minimum absolute atomic E-state index is 0.179. The van der Waals surface area contributed by atoms with Crippen molar-refractivity contribution in [2.45, 2.75) is 26.7 Å². The summed E-state index contributed by atoms with van der Waals surface area (Å²) in [7, 11) is 3.88. The maximum Gasteiger partial charge on any atom is 0.269 e. The van der Waals surface area contributed by atoms with Crippen molar-refractivity contribution in [1.82, 2.24) is 19.6 Å². The maximum absolute atomic E-state index is 12.5. The van der Waals surface area contributed by atoms with Crippen LogP contribution in [0.1, 0.15) is 34.5 Å². The van der Waals surface area contributed by atoms with E-state index in [4.69, 9.17) is 0 Å². The Morgan fingerprint density at radius 2 is 1.86 bits per heavy atom. The highest BCUT2D eigenvalue weighted by Gasteiger charge is 2.15. The number of benzene rings is 1. The van der Waals surface area contributed by atoms with Gasteiger partial charge in [-0.15, -0.1) is 5.10 Å². The molecule has 3 rings (SSSR count). The van der Waals surface area contributed by atoms with Gasteiger partial charge in [0.05, 0.1) is 5.69 Å². The second-order valence-electron chi connectivity index (χ2n) is 6.51. The van der Waals surface area contributed by atoms with Crippen molar-refractivity contribution in [1.29, 1.82) is 0 Å². The van der Waals surface area contributed by atoms with E-state index in [1.54, 1.807) is 0 Å². The molecular formula is C19H23N7OS. The van der Waals surface area contributed by atoms with Crippen LogP contribution in [0, 0.1) is 6.92 Å². The van der Waals surface area contributed by atoms with Crippen LogP contribution in [-0.4, -0.2) is 39.6 Å². The number of hydrogen-bond donors (Lipinski definition) is 2. The first-order chi connectivity index (χ1) is 13.5. The second-order valence-corrected chi connectivity index (χ2v) is 7.26. The highest BCUT2D eigenvalue weighted by atomic mass is 32.1. The van der Waals surface area contributed by atoms with Gasteiger partial charge in [-0.25, -0.2) is 9.97 Å². The Morgan fingerprint density at radius 3 is 2.54 bits per heavy atom. The zero-order valence-corrected chi connectivity index (χ0v) is 17.2. The molecule has 2 aromatic heterocycles. The largest absolute Gasteiger partial charge is 0.363 e. The molecule has 0 radical (unpaired) electrons. The fourth-order valence-electron chi connectivity index (χ4n) is 2.60. The van der Waals surface area contributed by atoms with E-state index in [0.29, 0.717) is 22.2 Å². The Morgan fingerprint density at radius 1 is 1.14 bits per heavy atom. The molecule has 1 amide bonds. The van der Waals surface area contributed by atoms with Crippen molar-refractivity contribution in [2.24, 2.45) is 0 Å². The van der Waals surface area contributed by atoms with Crippen molar-refractivity contribution in [3.8, 4) is 0 Å². The van der Waals surface area contributed by atoms with E-state index in [9.17, 15) is 4.79 Å². The average Bonchev–Trinajstić information content (AvgIpc) is 3.11. The number of rotatable bonds is 7. The average molecular weight is 398 g/mol. The van der Waals surface area contributed by atoms with Crippen LogP contribution in [0.15, 0.2) is 30.3 Å². The van der Waals surface area contributed by atoms with Gasteiger partial charge in [0.15, 0.2) is 0 Å². The summed E-state index contributed by atoms with van der Waals surface area (Å²) in [6.45, 7) is 3.91. The summed E-state index contributed by atoms with van der Waals surface area (Å²) in [5.74, 6) is 2.06. The van der Waals surface area contributed by atoms with Crippen molar-refractivity contribution in [3.63, 3.8) is 0 Å². The van der Waals surface area contributed by atoms with E-state index in [1.807, 2.05) is 63.2 Å². The van der Waals surface area contributed by atoms with E-state index < -0.39 is 0 Å². The molecular weight excluding hydrogens is 374 g/mol. The third-order valence-corrected chi connectivity index (χ3v) is 4.71. The van der Waals surface area contributed by atoms with Crippen molar-refractivity contribution >= 4 is 40.5 Å². The van der Waals surface area contributed by atoms with Crippen LogP contribution in [0.3, 0.4) is 0 Å². The third kappa shape index (κ3) is 4.80. The zero-order valence-electron chi connectivity index (χ0n) is 16.4. The van der Waals surface area contributed by atoms with Crippen LogP contribution in [0.2, 0.25) is 0 Å². The summed E-state index contributed by atoms with van der Waals surface area (Å²) < 4.78 is 3.90. The fraction of sp³-hybridized carbons (Fsp3) is 0.316. The zero-order chi connectivity index (χ0) is 20.1. The molecule has 0 spiro atoms. The number of aromatic nitrogens is 4. The van der Waals surface area contributed by atoms with Crippen LogP contribution >= 0.6 is 11.5 Å². The summed E-state index contributed by atoms with van der Waals surface area (Å²) in [5, 5.41) is 10.2. The number of carbonyl (C=O) groups is 1. The minimum Gasteiger partial charge on any atom is -0.363 e. The Balaban J connectivity index is 1.68. The smallest absolute Gasteiger partial charge is 0.269 e. The molecule has 3 aromatic rings. The molecule has 0 unspecified atom stereocenters. The van der Waals surface area contributed by atoms with E-state index in [2.05, 4.69) is 30.2 Å². The van der Waals surface area contributed by atoms with Gasteiger partial charge in [-0.1, -0.05) is 17.8 Å². The number of anilines is 4. The lowest BCUT2D eigenvalue weighted by molar-refractivity contribution is 0.102. The highest BCUT2D eigenvalue weighted by Crippen LogP contribution is 2.21. The number of nitrogens with zero attached hydrogens (tertiary/aromatic N) is 5. The van der Waals surface area contributed by atoms with E-state index in [0.717, 1.165) is 41.6 Å². The van der Waals surface area contributed by atoms with Crippen LogP contribution < -0.4 is 15.5 Å². The molecule has 0 aliphatic carbocycles. The second kappa shape index (κ2) is 8.75. The first kappa shape index (κ1) is 19.7. The lowest BCUT2D eigenvalue weighted by atomic mass is 10.2. The molecule has 8 nitrogen and oxygen atoms in total. The van der Waals surface area contributed by atoms with Gasteiger partial charge in [0.1, 0.15) is 22.3 Å². The van der Waals surface area contributed by atoms with E-state index >= 15 is 0 Å². The standard InChI is InChI=1S/C19H23N7OS/c1-5-6-15-18(28-25-24-15)19(27)23-14-9-7-13(8-10-14)22-16-11-17(26(3)4)21-12(2)20-16/h7-11H,5-6H2,1-4H3,(H,23,27)(H,20,21,22). The predicted molar refractivity (Wildman–Crippen MR) is 113 cm³/mol. The molecule has 0 saturated carbocycles. The summed E-state index contributed by atoms with van der Waals surface area (Å²) in [4.78, 5) is 23.8. The summed E-state index contributed by atoms with van der Waals surface area (Å²) in [5.41, 5.74) is 2.32. The van der Waals surface area contributed by atoms with Crippen LogP contribution in [0.5, 0.6) is 0 Å². The molecule has 2 N–H and O–H groups in total. The van der Waals surface area contributed by atoms with E-state index in [-0.39, 0.29) is 5.91 Å². The molecule has 0 aliphatic rings. The van der Waals surface area contributed by atoms with Crippen LogP contribution in [-0.2, 0) is 6.42 Å². The molecule has 28 heavy (non-hydrogen) atoms. The first-order valence-corrected chi connectivity index (χ1v) is 9.76. The lowest BCUT2D eigenvalue weighted by Gasteiger charge is -2.14. The van der Waals surface area contributed by atoms with E-state index in [1.165, 1.54) is 0 Å². The molecule has 0 fully saturated rings. The number of amides is 1. The Kier molecular flexibility index (Phi) is 6.15. The topological polar surface area (TPSA) is 95.9 Å². The Bertz CT molecular complexity index is 953. The van der Waals surface area contributed by atoms with Gasteiger partial charge in [0.2, 0.25) is 0 Å². The van der Waals surface area contributed by atoms with Gasteiger partial charge in [-0.2, -0.15) is 0 Å². The lowest BCUT2D eigenvalue weighted by Crippen LogP contribution is -2.13. The summed E-state index contributed by atoms with van der Waals surface area (Å²) in [6, 6.07) is 9.35. The summed E-state index contributed by atoms with van der Waals surface area (Å²) in [6.07, 6.45) is 1.67. The van der Waals surface area contributed by atoms with Crippen molar-refractivity contribution < 1.29 is 4.79 Å². The molecule has 9 heteroatoms. The fourth-order valence-corrected chi connectivity index (χ4v) is 3.20. The predicted octanol–water partition coefficient (Wildman–Crippen LogP) is 3.65. The van der Waals surface area contributed by atoms with Crippen LogP contribution in [0.25, 0.3) is 0 Å².